The lowest BCUT2D eigenvalue weighted by Gasteiger charge is -2.12. The SMILES string of the molecule is Nc1c(Nc2ccc(Br)cc2)ncnc1Nc1ccc(I)cc1. The second-order valence-corrected chi connectivity index (χ2v) is 6.91. The van der Waals surface area contributed by atoms with Crippen LogP contribution in [0.15, 0.2) is 59.3 Å². The molecule has 0 aliphatic heterocycles. The van der Waals surface area contributed by atoms with Gasteiger partial charge in [0.25, 0.3) is 0 Å². The summed E-state index contributed by atoms with van der Waals surface area (Å²) in [6.45, 7) is 0. The molecule has 2 aromatic carbocycles. The van der Waals surface area contributed by atoms with Crippen molar-refractivity contribution < 1.29 is 0 Å². The molecule has 116 valence electrons. The van der Waals surface area contributed by atoms with Gasteiger partial charge in [0, 0.05) is 19.4 Å². The van der Waals surface area contributed by atoms with Gasteiger partial charge in [-0.3, -0.25) is 0 Å². The van der Waals surface area contributed by atoms with Crippen molar-refractivity contribution in [3.8, 4) is 0 Å². The number of hydrogen-bond acceptors (Lipinski definition) is 5. The normalized spacial score (nSPS) is 10.3. The predicted molar refractivity (Wildman–Crippen MR) is 106 cm³/mol. The molecule has 0 bridgehead atoms. The van der Waals surface area contributed by atoms with E-state index in [1.54, 1.807) is 0 Å². The number of nitrogen functional groups attached to an aromatic ring is 1. The number of nitrogens with one attached hydrogen (secondary N) is 2. The molecule has 0 saturated carbocycles. The van der Waals surface area contributed by atoms with Crippen molar-refractivity contribution in [3.05, 3.63) is 62.9 Å². The summed E-state index contributed by atoms with van der Waals surface area (Å²) in [4.78, 5) is 8.43. The average molecular weight is 482 g/mol. The third kappa shape index (κ3) is 4.11. The van der Waals surface area contributed by atoms with Gasteiger partial charge in [-0.25, -0.2) is 9.97 Å². The van der Waals surface area contributed by atoms with Crippen molar-refractivity contribution in [2.75, 3.05) is 16.4 Å². The number of nitrogens with zero attached hydrogens (tertiary/aromatic N) is 2. The first-order valence-electron chi connectivity index (χ1n) is 6.77. The minimum Gasteiger partial charge on any atom is -0.393 e. The standard InChI is InChI=1S/C16H13BrIN5/c17-10-1-5-12(6-2-10)22-15-14(19)16(21-9-20-15)23-13-7-3-11(18)4-8-13/h1-9H,19H2,(H2,20,21,22,23). The summed E-state index contributed by atoms with van der Waals surface area (Å²) in [6.07, 6.45) is 1.48. The maximum absolute atomic E-state index is 6.18. The number of halogens is 2. The van der Waals surface area contributed by atoms with Crippen LogP contribution in [0.3, 0.4) is 0 Å². The van der Waals surface area contributed by atoms with Gasteiger partial charge in [0.05, 0.1) is 0 Å². The molecular weight excluding hydrogens is 469 g/mol. The molecule has 5 nitrogen and oxygen atoms in total. The van der Waals surface area contributed by atoms with E-state index in [4.69, 9.17) is 5.73 Å². The molecule has 0 atom stereocenters. The van der Waals surface area contributed by atoms with Crippen LogP contribution in [0.25, 0.3) is 0 Å². The number of benzene rings is 2. The Balaban J connectivity index is 1.83. The Morgan fingerprint density at radius 2 is 1.30 bits per heavy atom. The highest BCUT2D eigenvalue weighted by Crippen LogP contribution is 2.28. The maximum Gasteiger partial charge on any atom is 0.159 e. The zero-order valence-corrected chi connectivity index (χ0v) is 15.7. The van der Waals surface area contributed by atoms with Crippen LogP contribution >= 0.6 is 38.5 Å². The molecule has 0 aliphatic carbocycles. The minimum absolute atomic E-state index is 0.467. The Morgan fingerprint density at radius 1 is 0.826 bits per heavy atom. The van der Waals surface area contributed by atoms with Crippen LogP contribution in [0.5, 0.6) is 0 Å². The molecule has 4 N–H and O–H groups in total. The lowest BCUT2D eigenvalue weighted by atomic mass is 10.3. The molecule has 0 aliphatic rings. The Bertz CT molecular complexity index is 740. The third-order valence-electron chi connectivity index (χ3n) is 3.10. The zero-order valence-electron chi connectivity index (χ0n) is 11.9. The number of aromatic nitrogens is 2. The molecule has 7 heteroatoms. The Hall–Kier alpha value is -1.87. The molecule has 1 heterocycles. The fourth-order valence-corrected chi connectivity index (χ4v) is 2.56. The fraction of sp³-hybridized carbons (Fsp3) is 0. The van der Waals surface area contributed by atoms with Gasteiger partial charge >= 0.3 is 0 Å². The molecule has 0 unspecified atom stereocenters. The second kappa shape index (κ2) is 7.14. The Morgan fingerprint density at radius 3 is 1.83 bits per heavy atom. The highest BCUT2D eigenvalue weighted by Gasteiger charge is 2.08. The summed E-state index contributed by atoms with van der Waals surface area (Å²) in [5.41, 5.74) is 8.47. The van der Waals surface area contributed by atoms with Crippen molar-refractivity contribution in [2.24, 2.45) is 0 Å². The summed E-state index contributed by atoms with van der Waals surface area (Å²) >= 11 is 5.67. The molecule has 1 aromatic heterocycles. The monoisotopic (exact) mass is 481 g/mol. The first-order valence-corrected chi connectivity index (χ1v) is 8.64. The molecule has 3 rings (SSSR count). The summed E-state index contributed by atoms with van der Waals surface area (Å²) < 4.78 is 2.18. The lowest BCUT2D eigenvalue weighted by Crippen LogP contribution is -2.05. The predicted octanol–water partition coefficient (Wildman–Crippen LogP) is 4.91. The largest absolute Gasteiger partial charge is 0.393 e. The van der Waals surface area contributed by atoms with E-state index in [0.29, 0.717) is 17.3 Å². The van der Waals surface area contributed by atoms with Crippen LogP contribution in [0, 0.1) is 3.57 Å². The molecule has 3 aromatic rings. The van der Waals surface area contributed by atoms with E-state index in [9.17, 15) is 0 Å². The molecule has 23 heavy (non-hydrogen) atoms. The van der Waals surface area contributed by atoms with E-state index in [1.165, 1.54) is 9.90 Å². The van der Waals surface area contributed by atoms with Crippen LogP contribution in [-0.4, -0.2) is 9.97 Å². The van der Waals surface area contributed by atoms with E-state index in [2.05, 4.69) is 59.1 Å². The highest BCUT2D eigenvalue weighted by atomic mass is 127. The van der Waals surface area contributed by atoms with Crippen molar-refractivity contribution >= 4 is 67.2 Å². The van der Waals surface area contributed by atoms with E-state index < -0.39 is 0 Å². The summed E-state index contributed by atoms with van der Waals surface area (Å²) in [6, 6.07) is 15.8. The van der Waals surface area contributed by atoms with Gasteiger partial charge in [0.15, 0.2) is 11.6 Å². The van der Waals surface area contributed by atoms with Crippen molar-refractivity contribution in [1.29, 1.82) is 0 Å². The lowest BCUT2D eigenvalue weighted by molar-refractivity contribution is 1.17. The van der Waals surface area contributed by atoms with Crippen LogP contribution in [0.1, 0.15) is 0 Å². The smallest absolute Gasteiger partial charge is 0.159 e. The third-order valence-corrected chi connectivity index (χ3v) is 4.35. The van der Waals surface area contributed by atoms with Crippen LogP contribution in [0.2, 0.25) is 0 Å². The van der Waals surface area contributed by atoms with Crippen molar-refractivity contribution in [1.82, 2.24) is 9.97 Å². The molecule has 0 spiro atoms. The summed E-state index contributed by atoms with van der Waals surface area (Å²) in [5, 5.41) is 6.40. The zero-order chi connectivity index (χ0) is 16.2. The van der Waals surface area contributed by atoms with Crippen molar-refractivity contribution in [3.63, 3.8) is 0 Å². The van der Waals surface area contributed by atoms with Crippen LogP contribution < -0.4 is 16.4 Å². The topological polar surface area (TPSA) is 75.9 Å². The highest BCUT2D eigenvalue weighted by molar-refractivity contribution is 14.1. The van der Waals surface area contributed by atoms with Gasteiger partial charge in [0.1, 0.15) is 12.0 Å². The van der Waals surface area contributed by atoms with Gasteiger partial charge in [0.2, 0.25) is 0 Å². The Kier molecular flexibility index (Phi) is 4.97. The van der Waals surface area contributed by atoms with Gasteiger partial charge in [-0.2, -0.15) is 0 Å². The maximum atomic E-state index is 6.18. The van der Waals surface area contributed by atoms with Gasteiger partial charge in [-0.15, -0.1) is 0 Å². The number of nitrogens with two attached hydrogens (primary N) is 1. The molecule has 0 fully saturated rings. The fourth-order valence-electron chi connectivity index (χ4n) is 1.93. The molecular formula is C16H13BrIN5. The first-order chi connectivity index (χ1) is 11.1. The molecule has 0 amide bonds. The van der Waals surface area contributed by atoms with E-state index in [-0.39, 0.29) is 0 Å². The van der Waals surface area contributed by atoms with E-state index >= 15 is 0 Å². The van der Waals surface area contributed by atoms with Crippen LogP contribution in [0.4, 0.5) is 28.7 Å². The Labute approximate surface area is 156 Å². The van der Waals surface area contributed by atoms with Crippen molar-refractivity contribution in [2.45, 2.75) is 0 Å². The molecule has 0 radical (unpaired) electrons. The quantitative estimate of drug-likeness (QED) is 0.461. The summed E-state index contributed by atoms with van der Waals surface area (Å²) in [5.74, 6) is 1.14. The van der Waals surface area contributed by atoms with Gasteiger partial charge in [-0.1, -0.05) is 15.9 Å². The van der Waals surface area contributed by atoms with Gasteiger partial charge < -0.3 is 16.4 Å². The van der Waals surface area contributed by atoms with Crippen LogP contribution in [-0.2, 0) is 0 Å². The number of anilines is 5. The average Bonchev–Trinajstić information content (AvgIpc) is 2.55. The van der Waals surface area contributed by atoms with E-state index in [1.807, 2.05) is 48.5 Å². The molecule has 0 saturated heterocycles. The number of rotatable bonds is 4. The summed E-state index contributed by atoms with van der Waals surface area (Å²) in [7, 11) is 0. The van der Waals surface area contributed by atoms with E-state index in [0.717, 1.165) is 15.8 Å². The minimum atomic E-state index is 0.467. The van der Waals surface area contributed by atoms with Gasteiger partial charge in [-0.05, 0) is 71.1 Å². The number of hydrogen-bond donors (Lipinski definition) is 3. The second-order valence-electron chi connectivity index (χ2n) is 4.75. The first kappa shape index (κ1) is 16.0.